The topological polar surface area (TPSA) is 33.2 Å². The fraction of sp³-hybridized carbons (Fsp3) is 0.455. The molecule has 15 heavy (non-hydrogen) atoms. The van der Waals surface area contributed by atoms with E-state index < -0.39 is 0 Å². The third-order valence-corrected chi connectivity index (χ3v) is 3.64. The average molecular weight is 269 g/mol. The normalized spacial score (nSPS) is 21.1. The Kier molecular flexibility index (Phi) is 3.05. The molecule has 0 bridgehead atoms. The number of anilines is 1. The van der Waals surface area contributed by atoms with Crippen LogP contribution in [0.3, 0.4) is 0 Å². The Balaban J connectivity index is 2.25. The Morgan fingerprint density at radius 1 is 1.67 bits per heavy atom. The van der Waals surface area contributed by atoms with Crippen molar-refractivity contribution in [3.63, 3.8) is 0 Å². The second-order valence-corrected chi connectivity index (χ2v) is 4.54. The summed E-state index contributed by atoms with van der Waals surface area (Å²) in [5, 5.41) is 0.883. The summed E-state index contributed by atoms with van der Waals surface area (Å²) in [6.45, 7) is 2.81. The van der Waals surface area contributed by atoms with Crippen LogP contribution in [0, 0.1) is 12.8 Å². The summed E-state index contributed by atoms with van der Waals surface area (Å²) in [6, 6.07) is 1.93. The van der Waals surface area contributed by atoms with Crippen LogP contribution >= 0.6 is 15.9 Å². The van der Waals surface area contributed by atoms with Crippen LogP contribution in [0.4, 0.5) is 5.69 Å². The van der Waals surface area contributed by atoms with Gasteiger partial charge in [-0.2, -0.15) is 0 Å². The minimum atomic E-state index is 0.204. The number of halogens is 1. The second kappa shape index (κ2) is 4.31. The van der Waals surface area contributed by atoms with Crippen molar-refractivity contribution in [3.8, 4) is 0 Å². The highest BCUT2D eigenvalue weighted by molar-refractivity contribution is 9.09. The molecule has 1 unspecified atom stereocenters. The van der Waals surface area contributed by atoms with Gasteiger partial charge in [0.05, 0.1) is 11.9 Å². The second-order valence-electron chi connectivity index (χ2n) is 3.89. The largest absolute Gasteiger partial charge is 0.310 e. The molecule has 0 N–H and O–H groups in total. The molecule has 2 heterocycles. The van der Waals surface area contributed by atoms with Gasteiger partial charge in [0.1, 0.15) is 0 Å². The van der Waals surface area contributed by atoms with E-state index in [9.17, 15) is 4.79 Å². The summed E-state index contributed by atoms with van der Waals surface area (Å²) in [7, 11) is 0. The number of aryl methyl sites for hydroxylation is 1. The predicted molar refractivity (Wildman–Crippen MR) is 63.2 cm³/mol. The van der Waals surface area contributed by atoms with E-state index in [0.717, 1.165) is 23.1 Å². The molecule has 1 saturated heterocycles. The number of carbonyl (C=O) groups is 1. The van der Waals surface area contributed by atoms with E-state index in [1.807, 2.05) is 17.9 Å². The van der Waals surface area contributed by atoms with Gasteiger partial charge in [0, 0.05) is 24.5 Å². The number of carbonyl (C=O) groups excluding carboxylic acids is 1. The van der Waals surface area contributed by atoms with Gasteiger partial charge in [0.15, 0.2) is 0 Å². The Labute approximate surface area is 97.6 Å². The summed E-state index contributed by atoms with van der Waals surface area (Å²) in [5.74, 6) is 0.632. The molecule has 0 aliphatic carbocycles. The molecule has 2 rings (SSSR count). The van der Waals surface area contributed by atoms with E-state index in [2.05, 4.69) is 20.9 Å². The first-order valence-corrected chi connectivity index (χ1v) is 6.11. The number of aromatic nitrogens is 1. The molecule has 0 aromatic carbocycles. The first kappa shape index (κ1) is 10.6. The summed E-state index contributed by atoms with van der Waals surface area (Å²) < 4.78 is 0. The van der Waals surface area contributed by atoms with Crippen LogP contribution in [0.15, 0.2) is 18.5 Å². The summed E-state index contributed by atoms with van der Waals surface area (Å²) in [4.78, 5) is 17.7. The molecule has 0 radical (unpaired) electrons. The quantitative estimate of drug-likeness (QED) is 0.771. The van der Waals surface area contributed by atoms with Crippen molar-refractivity contribution in [2.75, 3.05) is 16.8 Å². The highest BCUT2D eigenvalue weighted by Crippen LogP contribution is 2.27. The van der Waals surface area contributed by atoms with Gasteiger partial charge in [-0.25, -0.2) is 0 Å². The fourth-order valence-electron chi connectivity index (χ4n) is 1.86. The Bertz CT molecular complexity index is 381. The SMILES string of the molecule is Cc1ccncc1N1CC(CBr)CC1=O. The van der Waals surface area contributed by atoms with Gasteiger partial charge in [-0.05, 0) is 24.5 Å². The molecule has 1 aromatic rings. The van der Waals surface area contributed by atoms with Crippen molar-refractivity contribution < 1.29 is 4.79 Å². The molecule has 1 atom stereocenters. The van der Waals surface area contributed by atoms with Gasteiger partial charge in [-0.15, -0.1) is 0 Å². The van der Waals surface area contributed by atoms with E-state index in [1.165, 1.54) is 0 Å². The van der Waals surface area contributed by atoms with E-state index >= 15 is 0 Å². The van der Waals surface area contributed by atoms with Gasteiger partial charge in [0.2, 0.25) is 5.91 Å². The lowest BCUT2D eigenvalue weighted by Gasteiger charge is -2.17. The zero-order valence-corrected chi connectivity index (χ0v) is 10.2. The molecule has 0 saturated carbocycles. The summed E-state index contributed by atoms with van der Waals surface area (Å²) in [6.07, 6.45) is 4.16. The third kappa shape index (κ3) is 2.04. The molecular formula is C11H13BrN2O. The van der Waals surface area contributed by atoms with Gasteiger partial charge >= 0.3 is 0 Å². The maximum absolute atomic E-state index is 11.8. The number of pyridine rings is 1. The van der Waals surface area contributed by atoms with E-state index in [-0.39, 0.29) is 5.91 Å². The Morgan fingerprint density at radius 3 is 3.07 bits per heavy atom. The first-order valence-electron chi connectivity index (χ1n) is 4.99. The van der Waals surface area contributed by atoms with Gasteiger partial charge < -0.3 is 4.90 Å². The molecule has 1 fully saturated rings. The van der Waals surface area contributed by atoms with Crippen LogP contribution in [-0.2, 0) is 4.79 Å². The molecule has 0 spiro atoms. The minimum Gasteiger partial charge on any atom is -0.310 e. The summed E-state index contributed by atoms with van der Waals surface area (Å²) >= 11 is 3.43. The zero-order valence-electron chi connectivity index (χ0n) is 8.61. The molecule has 1 aliphatic heterocycles. The molecule has 1 aromatic heterocycles. The maximum Gasteiger partial charge on any atom is 0.227 e. The van der Waals surface area contributed by atoms with Crippen molar-refractivity contribution in [3.05, 3.63) is 24.0 Å². The van der Waals surface area contributed by atoms with Crippen LogP contribution in [0.2, 0.25) is 0 Å². The predicted octanol–water partition coefficient (Wildman–Crippen LogP) is 2.14. The number of rotatable bonds is 2. The number of hydrogen-bond donors (Lipinski definition) is 0. The smallest absolute Gasteiger partial charge is 0.227 e. The van der Waals surface area contributed by atoms with Crippen LogP contribution in [0.25, 0.3) is 0 Å². The van der Waals surface area contributed by atoms with Crippen molar-refractivity contribution in [2.24, 2.45) is 5.92 Å². The first-order chi connectivity index (χ1) is 7.22. The van der Waals surface area contributed by atoms with Crippen LogP contribution < -0.4 is 4.90 Å². The average Bonchev–Trinajstić information content (AvgIpc) is 2.60. The van der Waals surface area contributed by atoms with Crippen LogP contribution in [0.1, 0.15) is 12.0 Å². The highest BCUT2D eigenvalue weighted by Gasteiger charge is 2.30. The number of hydrogen-bond acceptors (Lipinski definition) is 2. The standard InChI is InChI=1S/C11H13BrN2O/c1-8-2-3-13-6-10(8)14-7-9(5-12)4-11(14)15/h2-3,6,9H,4-5,7H2,1H3. The number of alkyl halides is 1. The van der Waals surface area contributed by atoms with Crippen LogP contribution in [-0.4, -0.2) is 22.8 Å². The fourth-order valence-corrected chi connectivity index (χ4v) is 2.29. The van der Waals surface area contributed by atoms with Gasteiger partial charge in [-0.1, -0.05) is 15.9 Å². The Hall–Kier alpha value is -0.900. The monoisotopic (exact) mass is 268 g/mol. The molecule has 3 nitrogen and oxygen atoms in total. The highest BCUT2D eigenvalue weighted by atomic mass is 79.9. The Morgan fingerprint density at radius 2 is 2.47 bits per heavy atom. The van der Waals surface area contributed by atoms with E-state index in [4.69, 9.17) is 0 Å². The molecular weight excluding hydrogens is 256 g/mol. The van der Waals surface area contributed by atoms with Gasteiger partial charge in [-0.3, -0.25) is 9.78 Å². The minimum absolute atomic E-state index is 0.204. The molecule has 1 amide bonds. The maximum atomic E-state index is 11.8. The molecule has 1 aliphatic rings. The van der Waals surface area contributed by atoms with E-state index in [1.54, 1.807) is 12.4 Å². The summed E-state index contributed by atoms with van der Waals surface area (Å²) in [5.41, 5.74) is 2.06. The number of nitrogens with zero attached hydrogens (tertiary/aromatic N) is 2. The van der Waals surface area contributed by atoms with Crippen molar-refractivity contribution in [2.45, 2.75) is 13.3 Å². The van der Waals surface area contributed by atoms with Crippen LogP contribution in [0.5, 0.6) is 0 Å². The third-order valence-electron chi connectivity index (χ3n) is 2.73. The lowest BCUT2D eigenvalue weighted by atomic mass is 10.2. The zero-order chi connectivity index (χ0) is 10.8. The van der Waals surface area contributed by atoms with Crippen molar-refractivity contribution in [1.82, 2.24) is 4.98 Å². The van der Waals surface area contributed by atoms with Crippen molar-refractivity contribution in [1.29, 1.82) is 0 Å². The van der Waals surface area contributed by atoms with E-state index in [0.29, 0.717) is 12.3 Å². The van der Waals surface area contributed by atoms with Gasteiger partial charge in [0.25, 0.3) is 0 Å². The molecule has 4 heteroatoms. The molecule has 80 valence electrons. The number of amides is 1. The lowest BCUT2D eigenvalue weighted by Crippen LogP contribution is -2.25. The lowest BCUT2D eigenvalue weighted by molar-refractivity contribution is -0.117. The van der Waals surface area contributed by atoms with Crippen molar-refractivity contribution >= 4 is 27.5 Å².